The topological polar surface area (TPSA) is 101 Å². The Labute approximate surface area is 149 Å². The number of amides is 1. The van der Waals surface area contributed by atoms with Crippen LogP contribution >= 0.6 is 11.3 Å². The molecule has 1 N–H and O–H groups in total. The van der Waals surface area contributed by atoms with Gasteiger partial charge in [-0.25, -0.2) is 8.42 Å². The molecule has 3 rings (SSSR count). The van der Waals surface area contributed by atoms with Gasteiger partial charge in [-0.3, -0.25) is 4.79 Å². The third-order valence-corrected chi connectivity index (χ3v) is 6.71. The highest BCUT2D eigenvalue weighted by Gasteiger charge is 2.33. The first-order chi connectivity index (χ1) is 11.9. The van der Waals surface area contributed by atoms with E-state index in [-0.39, 0.29) is 34.6 Å². The number of carbonyl (C=O) groups excluding carboxylic acids is 1. The van der Waals surface area contributed by atoms with Crippen LogP contribution in [0.3, 0.4) is 0 Å². The Morgan fingerprint density at radius 2 is 2.12 bits per heavy atom. The van der Waals surface area contributed by atoms with Crippen LogP contribution in [0.5, 0.6) is 0 Å². The molecule has 1 unspecified atom stereocenters. The van der Waals surface area contributed by atoms with Crippen molar-refractivity contribution in [3.8, 4) is 0 Å². The van der Waals surface area contributed by atoms with Gasteiger partial charge >= 0.3 is 0 Å². The Balaban J connectivity index is 1.71. The van der Waals surface area contributed by atoms with Gasteiger partial charge in [-0.1, -0.05) is 41.7 Å². The van der Waals surface area contributed by atoms with Crippen molar-refractivity contribution < 1.29 is 17.9 Å². The van der Waals surface area contributed by atoms with Gasteiger partial charge in [0.1, 0.15) is 0 Å². The monoisotopic (exact) mass is 382 g/mol. The lowest BCUT2D eigenvalue weighted by atomic mass is 10.1. The van der Waals surface area contributed by atoms with E-state index in [0.29, 0.717) is 13.0 Å². The summed E-state index contributed by atoms with van der Waals surface area (Å²) >= 11 is 0.842. The van der Waals surface area contributed by atoms with E-state index in [1.54, 1.807) is 0 Å². The Kier molecular flexibility index (Phi) is 5.42. The molecule has 8 nitrogen and oxygen atoms in total. The normalized spacial score (nSPS) is 18.8. The fourth-order valence-electron chi connectivity index (χ4n) is 2.54. The molecular weight excluding hydrogens is 364 g/mol. The minimum absolute atomic E-state index is 0.128. The summed E-state index contributed by atoms with van der Waals surface area (Å²) in [5.74, 6) is -0.325. The van der Waals surface area contributed by atoms with Gasteiger partial charge in [-0.2, -0.15) is 4.31 Å². The van der Waals surface area contributed by atoms with Gasteiger partial charge in [-0.15, -0.1) is 10.2 Å². The molecule has 1 aromatic carbocycles. The third-order valence-electron chi connectivity index (χ3n) is 3.66. The van der Waals surface area contributed by atoms with Crippen LogP contribution in [0.25, 0.3) is 0 Å². The standard InChI is InChI=1S/C15H18N4O4S2/c1-11(20)16-14-17-18-15(24-14)25(21,22)19-7-8-23-13(10-19)9-12-5-3-2-4-6-12/h2-6,13H,7-10H2,1H3,(H,16,17,20). The van der Waals surface area contributed by atoms with E-state index in [1.165, 1.54) is 11.2 Å². The molecule has 1 saturated heterocycles. The van der Waals surface area contributed by atoms with Crippen LogP contribution in [-0.4, -0.2) is 54.6 Å². The fourth-order valence-corrected chi connectivity index (χ4v) is 5.08. The molecule has 1 fully saturated rings. The molecule has 2 aromatic rings. The Bertz CT molecular complexity index is 838. The van der Waals surface area contributed by atoms with E-state index in [1.807, 2.05) is 30.3 Å². The number of hydrogen-bond donors (Lipinski definition) is 1. The minimum Gasteiger partial charge on any atom is -0.375 e. The number of hydrogen-bond acceptors (Lipinski definition) is 7. The minimum atomic E-state index is -3.76. The predicted octanol–water partition coefficient (Wildman–Crippen LogP) is 1.13. The van der Waals surface area contributed by atoms with E-state index in [4.69, 9.17) is 4.74 Å². The molecule has 1 aliphatic heterocycles. The smallest absolute Gasteiger partial charge is 0.272 e. The number of aromatic nitrogens is 2. The van der Waals surface area contributed by atoms with Crippen molar-refractivity contribution in [3.63, 3.8) is 0 Å². The third kappa shape index (κ3) is 4.40. The summed E-state index contributed by atoms with van der Waals surface area (Å²) < 4.78 is 32.4. The summed E-state index contributed by atoms with van der Waals surface area (Å²) in [4.78, 5) is 11.0. The van der Waals surface area contributed by atoms with Gasteiger partial charge in [0.2, 0.25) is 15.4 Å². The molecular formula is C15H18N4O4S2. The number of anilines is 1. The molecule has 0 bridgehead atoms. The number of sulfonamides is 1. The summed E-state index contributed by atoms with van der Waals surface area (Å²) in [6, 6.07) is 9.79. The van der Waals surface area contributed by atoms with E-state index >= 15 is 0 Å². The van der Waals surface area contributed by atoms with Crippen molar-refractivity contribution in [2.45, 2.75) is 23.8 Å². The Hall–Kier alpha value is -1.88. The van der Waals surface area contributed by atoms with Gasteiger partial charge in [0.05, 0.1) is 12.7 Å². The highest BCUT2D eigenvalue weighted by atomic mass is 32.2. The van der Waals surface area contributed by atoms with E-state index in [2.05, 4.69) is 15.5 Å². The molecule has 0 saturated carbocycles. The molecule has 2 heterocycles. The Morgan fingerprint density at radius 3 is 2.84 bits per heavy atom. The largest absolute Gasteiger partial charge is 0.375 e. The molecule has 134 valence electrons. The van der Waals surface area contributed by atoms with E-state index in [9.17, 15) is 13.2 Å². The summed E-state index contributed by atoms with van der Waals surface area (Å²) in [7, 11) is -3.76. The molecule has 10 heteroatoms. The number of nitrogens with zero attached hydrogens (tertiary/aromatic N) is 3. The summed E-state index contributed by atoms with van der Waals surface area (Å²) in [5, 5.41) is 10.0. The van der Waals surface area contributed by atoms with Gasteiger partial charge < -0.3 is 10.1 Å². The van der Waals surface area contributed by atoms with Crippen molar-refractivity contribution >= 4 is 32.4 Å². The molecule has 1 amide bonds. The molecule has 1 atom stereocenters. The number of ether oxygens (including phenoxy) is 1. The van der Waals surface area contributed by atoms with Crippen LogP contribution in [0, 0.1) is 0 Å². The average molecular weight is 382 g/mol. The summed E-state index contributed by atoms with van der Waals surface area (Å²) in [5.41, 5.74) is 1.09. The second-order valence-corrected chi connectivity index (χ2v) is 8.69. The zero-order valence-corrected chi connectivity index (χ0v) is 15.2. The Morgan fingerprint density at radius 1 is 1.36 bits per heavy atom. The molecule has 0 aliphatic carbocycles. The highest BCUT2D eigenvalue weighted by molar-refractivity contribution is 7.91. The number of rotatable bonds is 5. The first-order valence-electron chi connectivity index (χ1n) is 7.72. The average Bonchev–Trinajstić information content (AvgIpc) is 3.04. The number of nitrogens with one attached hydrogen (secondary N) is 1. The van der Waals surface area contributed by atoms with E-state index < -0.39 is 10.0 Å². The van der Waals surface area contributed by atoms with Crippen LogP contribution in [-0.2, 0) is 26.0 Å². The molecule has 1 aliphatic rings. The van der Waals surface area contributed by atoms with Crippen LogP contribution in [0.4, 0.5) is 5.13 Å². The first kappa shape index (κ1) is 17.9. The van der Waals surface area contributed by atoms with Crippen LogP contribution < -0.4 is 5.32 Å². The van der Waals surface area contributed by atoms with Crippen molar-refractivity contribution in [1.82, 2.24) is 14.5 Å². The number of carbonyl (C=O) groups is 1. The highest BCUT2D eigenvalue weighted by Crippen LogP contribution is 2.25. The molecule has 0 spiro atoms. The maximum Gasteiger partial charge on any atom is 0.272 e. The second-order valence-electron chi connectivity index (χ2n) is 5.60. The number of benzene rings is 1. The lowest BCUT2D eigenvalue weighted by molar-refractivity contribution is -0.114. The SMILES string of the molecule is CC(=O)Nc1nnc(S(=O)(=O)N2CCOC(Cc3ccccc3)C2)s1. The summed E-state index contributed by atoms with van der Waals surface area (Å²) in [6.07, 6.45) is 0.425. The van der Waals surface area contributed by atoms with E-state index in [0.717, 1.165) is 16.9 Å². The first-order valence-corrected chi connectivity index (χ1v) is 9.97. The van der Waals surface area contributed by atoms with Gasteiger partial charge in [0.15, 0.2) is 0 Å². The van der Waals surface area contributed by atoms with Crippen molar-refractivity contribution in [2.75, 3.05) is 25.0 Å². The van der Waals surface area contributed by atoms with Gasteiger partial charge in [0.25, 0.3) is 10.0 Å². The molecule has 25 heavy (non-hydrogen) atoms. The number of morpholine rings is 1. The van der Waals surface area contributed by atoms with Gasteiger partial charge in [-0.05, 0) is 12.0 Å². The van der Waals surface area contributed by atoms with Crippen molar-refractivity contribution in [1.29, 1.82) is 0 Å². The van der Waals surface area contributed by atoms with Crippen molar-refractivity contribution in [3.05, 3.63) is 35.9 Å². The van der Waals surface area contributed by atoms with Crippen LogP contribution in [0.1, 0.15) is 12.5 Å². The van der Waals surface area contributed by atoms with Crippen LogP contribution in [0.2, 0.25) is 0 Å². The summed E-state index contributed by atoms with van der Waals surface area (Å²) in [6.45, 7) is 2.18. The molecule has 1 aromatic heterocycles. The quantitative estimate of drug-likeness (QED) is 0.778. The van der Waals surface area contributed by atoms with Crippen molar-refractivity contribution in [2.24, 2.45) is 0 Å². The lowest BCUT2D eigenvalue weighted by Crippen LogP contribution is -2.46. The zero-order valence-electron chi connectivity index (χ0n) is 13.6. The lowest BCUT2D eigenvalue weighted by Gasteiger charge is -2.31. The maximum atomic E-state index is 12.7. The van der Waals surface area contributed by atoms with Gasteiger partial charge in [0, 0.05) is 20.0 Å². The van der Waals surface area contributed by atoms with Crippen LogP contribution in [0.15, 0.2) is 34.7 Å². The zero-order chi connectivity index (χ0) is 17.9. The second kappa shape index (κ2) is 7.56. The molecule has 0 radical (unpaired) electrons. The maximum absolute atomic E-state index is 12.7. The fraction of sp³-hybridized carbons (Fsp3) is 0.400. The predicted molar refractivity (Wildman–Crippen MR) is 92.9 cm³/mol.